The summed E-state index contributed by atoms with van der Waals surface area (Å²) in [4.78, 5) is 11.2. The molecule has 70 valence electrons. The van der Waals surface area contributed by atoms with Gasteiger partial charge in [0.25, 0.3) is 5.91 Å². The largest absolute Gasteiger partial charge is 0.272 e. The number of amides is 1. The van der Waals surface area contributed by atoms with Gasteiger partial charge in [0.05, 0.1) is 6.54 Å². The maximum Gasteiger partial charge on any atom is 0.268 e. The number of halogens is 2. The van der Waals surface area contributed by atoms with Crippen molar-refractivity contribution in [1.29, 1.82) is 0 Å². The van der Waals surface area contributed by atoms with E-state index in [0.717, 1.165) is 10.6 Å². The van der Waals surface area contributed by atoms with E-state index in [1.165, 1.54) is 12.1 Å². The van der Waals surface area contributed by atoms with E-state index in [2.05, 4.69) is 0 Å². The minimum absolute atomic E-state index is 0. The average Bonchev–Trinajstić information content (AvgIpc) is 2.31. The zero-order valence-corrected chi connectivity index (χ0v) is 7.47. The van der Waals surface area contributed by atoms with Gasteiger partial charge in [-0.05, 0) is 17.7 Å². The lowest BCUT2D eigenvalue weighted by atomic mass is 10.1. The van der Waals surface area contributed by atoms with Crippen molar-refractivity contribution in [2.45, 2.75) is 6.54 Å². The van der Waals surface area contributed by atoms with Crippen molar-refractivity contribution in [3.8, 4) is 0 Å². The Kier molecular flexibility index (Phi) is 2.54. The molecule has 1 aromatic carbocycles. The van der Waals surface area contributed by atoms with Crippen LogP contribution in [0.2, 0.25) is 0 Å². The Balaban J connectivity index is 0.000000845. The Bertz CT molecular complexity index is 356. The van der Waals surface area contributed by atoms with Crippen LogP contribution in [0.5, 0.6) is 0 Å². The Labute approximate surface area is 80.7 Å². The van der Waals surface area contributed by atoms with E-state index in [1.807, 2.05) is 0 Å². The molecule has 13 heavy (non-hydrogen) atoms. The van der Waals surface area contributed by atoms with E-state index in [9.17, 15) is 9.18 Å². The molecule has 0 fully saturated rings. The Hall–Kier alpha value is -1.13. The summed E-state index contributed by atoms with van der Waals surface area (Å²) in [5.74, 6) is 4.62. The number of nitrogens with two attached hydrogens (primary N) is 1. The minimum Gasteiger partial charge on any atom is -0.272 e. The van der Waals surface area contributed by atoms with Crippen molar-refractivity contribution in [2.24, 2.45) is 5.84 Å². The summed E-state index contributed by atoms with van der Waals surface area (Å²) in [7, 11) is 0. The van der Waals surface area contributed by atoms with Crippen molar-refractivity contribution in [1.82, 2.24) is 5.01 Å². The zero-order chi connectivity index (χ0) is 8.72. The molecule has 0 aromatic heterocycles. The van der Waals surface area contributed by atoms with Gasteiger partial charge in [-0.15, -0.1) is 12.4 Å². The molecule has 2 N–H and O–H groups in total. The first-order chi connectivity index (χ1) is 5.68. The standard InChI is InChI=1S/C8H7FN2O.ClH/c9-6-2-1-5-4-11(10)8(12)7(5)3-6;/h1-3H,4,10H2;1H. The lowest BCUT2D eigenvalue weighted by Gasteiger charge is -2.04. The summed E-state index contributed by atoms with van der Waals surface area (Å²) < 4.78 is 12.7. The van der Waals surface area contributed by atoms with Gasteiger partial charge in [-0.1, -0.05) is 6.07 Å². The topological polar surface area (TPSA) is 46.3 Å². The van der Waals surface area contributed by atoms with Crippen LogP contribution >= 0.6 is 12.4 Å². The molecule has 2 rings (SSSR count). The molecule has 0 atom stereocenters. The maximum atomic E-state index is 12.7. The second-order valence-electron chi connectivity index (χ2n) is 2.73. The molecule has 1 aliphatic heterocycles. The number of fused-ring (bicyclic) bond motifs is 1. The summed E-state index contributed by atoms with van der Waals surface area (Å²) in [5.41, 5.74) is 1.15. The summed E-state index contributed by atoms with van der Waals surface area (Å²) in [6, 6.07) is 4.12. The summed E-state index contributed by atoms with van der Waals surface area (Å²) in [5, 5.41) is 1.07. The number of carbonyl (C=O) groups excluding carboxylic acids is 1. The number of hydrogen-bond donors (Lipinski definition) is 1. The van der Waals surface area contributed by atoms with E-state index in [1.54, 1.807) is 6.07 Å². The molecular formula is C8H8ClFN2O. The third-order valence-electron chi connectivity index (χ3n) is 1.90. The molecular weight excluding hydrogens is 195 g/mol. The van der Waals surface area contributed by atoms with Gasteiger partial charge in [0, 0.05) is 5.56 Å². The summed E-state index contributed by atoms with van der Waals surface area (Å²) in [6.45, 7) is 0.369. The zero-order valence-electron chi connectivity index (χ0n) is 6.66. The van der Waals surface area contributed by atoms with E-state index in [4.69, 9.17) is 5.84 Å². The molecule has 0 radical (unpaired) electrons. The molecule has 0 spiro atoms. The molecule has 0 saturated carbocycles. The highest BCUT2D eigenvalue weighted by Gasteiger charge is 2.24. The van der Waals surface area contributed by atoms with Crippen LogP contribution < -0.4 is 5.84 Å². The average molecular weight is 203 g/mol. The normalized spacial score (nSPS) is 14.0. The highest BCUT2D eigenvalue weighted by atomic mass is 35.5. The van der Waals surface area contributed by atoms with Crippen LogP contribution in [0.1, 0.15) is 15.9 Å². The summed E-state index contributed by atoms with van der Waals surface area (Å²) in [6.07, 6.45) is 0. The van der Waals surface area contributed by atoms with Crippen molar-refractivity contribution in [3.05, 3.63) is 35.1 Å². The maximum absolute atomic E-state index is 12.7. The molecule has 1 amide bonds. The smallest absolute Gasteiger partial charge is 0.268 e. The first kappa shape index (κ1) is 9.95. The lowest BCUT2D eigenvalue weighted by Crippen LogP contribution is -2.30. The van der Waals surface area contributed by atoms with Gasteiger partial charge in [-0.25, -0.2) is 10.2 Å². The van der Waals surface area contributed by atoms with E-state index in [-0.39, 0.29) is 18.3 Å². The lowest BCUT2D eigenvalue weighted by molar-refractivity contribution is 0.0778. The molecule has 0 saturated heterocycles. The third-order valence-corrected chi connectivity index (χ3v) is 1.90. The van der Waals surface area contributed by atoms with Crippen LogP contribution in [0.4, 0.5) is 4.39 Å². The second-order valence-corrected chi connectivity index (χ2v) is 2.73. The van der Waals surface area contributed by atoms with Crippen molar-refractivity contribution in [3.63, 3.8) is 0 Å². The number of benzene rings is 1. The second kappa shape index (κ2) is 3.32. The number of rotatable bonds is 0. The van der Waals surface area contributed by atoms with Gasteiger partial charge in [0.15, 0.2) is 0 Å². The molecule has 5 heteroatoms. The predicted molar refractivity (Wildman–Crippen MR) is 47.7 cm³/mol. The van der Waals surface area contributed by atoms with E-state index < -0.39 is 5.82 Å². The number of hydrogen-bond acceptors (Lipinski definition) is 2. The summed E-state index contributed by atoms with van der Waals surface area (Å²) >= 11 is 0. The van der Waals surface area contributed by atoms with Crippen LogP contribution in [0.25, 0.3) is 0 Å². The molecule has 1 heterocycles. The molecule has 0 bridgehead atoms. The fourth-order valence-corrected chi connectivity index (χ4v) is 1.30. The Morgan fingerprint density at radius 1 is 1.46 bits per heavy atom. The number of nitrogens with zero attached hydrogens (tertiary/aromatic N) is 1. The third kappa shape index (κ3) is 1.50. The molecule has 1 aliphatic rings. The highest BCUT2D eigenvalue weighted by Crippen LogP contribution is 2.20. The van der Waals surface area contributed by atoms with Gasteiger partial charge < -0.3 is 0 Å². The molecule has 3 nitrogen and oxygen atoms in total. The highest BCUT2D eigenvalue weighted by molar-refractivity contribution is 5.97. The minimum atomic E-state index is -0.405. The van der Waals surface area contributed by atoms with Crippen LogP contribution in [0, 0.1) is 5.82 Å². The fraction of sp³-hybridized carbons (Fsp3) is 0.125. The van der Waals surface area contributed by atoms with Crippen molar-refractivity contribution < 1.29 is 9.18 Å². The van der Waals surface area contributed by atoms with E-state index >= 15 is 0 Å². The first-order valence-corrected chi connectivity index (χ1v) is 3.53. The van der Waals surface area contributed by atoms with Gasteiger partial charge in [0.2, 0.25) is 0 Å². The molecule has 0 aliphatic carbocycles. The van der Waals surface area contributed by atoms with Crippen molar-refractivity contribution >= 4 is 18.3 Å². The predicted octanol–water partition coefficient (Wildman–Crippen LogP) is 1.08. The van der Waals surface area contributed by atoms with Crippen molar-refractivity contribution in [2.75, 3.05) is 0 Å². The number of hydrazine groups is 1. The Morgan fingerprint density at radius 2 is 2.15 bits per heavy atom. The fourth-order valence-electron chi connectivity index (χ4n) is 1.30. The van der Waals surface area contributed by atoms with Crippen LogP contribution in [-0.2, 0) is 6.54 Å². The number of carbonyl (C=O) groups is 1. The van der Waals surface area contributed by atoms with E-state index in [0.29, 0.717) is 12.1 Å². The quantitative estimate of drug-likeness (QED) is 0.506. The van der Waals surface area contributed by atoms with Gasteiger partial charge in [0.1, 0.15) is 5.82 Å². The SMILES string of the molecule is Cl.NN1Cc2ccc(F)cc2C1=O. The molecule has 0 unspecified atom stereocenters. The molecule has 1 aromatic rings. The van der Waals surface area contributed by atoms with Gasteiger partial charge in [-0.2, -0.15) is 0 Å². The van der Waals surface area contributed by atoms with Gasteiger partial charge in [-0.3, -0.25) is 9.80 Å². The Morgan fingerprint density at radius 3 is 2.85 bits per heavy atom. The van der Waals surface area contributed by atoms with Crippen LogP contribution in [0.15, 0.2) is 18.2 Å². The van der Waals surface area contributed by atoms with Crippen LogP contribution in [0.3, 0.4) is 0 Å². The van der Waals surface area contributed by atoms with Crippen LogP contribution in [-0.4, -0.2) is 10.9 Å². The van der Waals surface area contributed by atoms with Gasteiger partial charge >= 0.3 is 0 Å². The monoisotopic (exact) mass is 202 g/mol. The first-order valence-electron chi connectivity index (χ1n) is 3.53.